The molecule has 0 bridgehead atoms. The molecular weight excluding hydrogens is 348 g/mol. The Bertz CT molecular complexity index is 1060. The van der Waals surface area contributed by atoms with E-state index in [0.29, 0.717) is 22.9 Å². The van der Waals surface area contributed by atoms with Gasteiger partial charge in [0.15, 0.2) is 6.10 Å². The maximum absolute atomic E-state index is 12.7. The number of nitrogens with one attached hydrogen (secondary N) is 2. The summed E-state index contributed by atoms with van der Waals surface area (Å²) in [4.78, 5) is 32.8. The molecule has 2 amide bonds. The Morgan fingerprint density at radius 1 is 1.33 bits per heavy atom. The molecule has 0 spiro atoms. The lowest BCUT2D eigenvalue weighted by molar-refractivity contribution is -0.122. The zero-order valence-corrected chi connectivity index (χ0v) is 15.1. The molecule has 138 valence electrons. The predicted octanol–water partition coefficient (Wildman–Crippen LogP) is 2.22. The van der Waals surface area contributed by atoms with E-state index in [4.69, 9.17) is 4.74 Å². The molecule has 1 atom stereocenters. The third kappa shape index (κ3) is 3.07. The van der Waals surface area contributed by atoms with Crippen LogP contribution in [-0.4, -0.2) is 37.5 Å². The molecule has 3 heterocycles. The van der Waals surface area contributed by atoms with Crippen LogP contribution in [-0.2, 0) is 4.79 Å². The van der Waals surface area contributed by atoms with Gasteiger partial charge in [-0.2, -0.15) is 10.1 Å². The summed E-state index contributed by atoms with van der Waals surface area (Å²) < 4.78 is 7.13. The fraction of sp³-hybridized carbons (Fsp3) is 0.278. The van der Waals surface area contributed by atoms with Gasteiger partial charge in [0, 0.05) is 5.69 Å². The number of fused-ring (bicyclic) bond motifs is 2. The second-order valence-corrected chi connectivity index (χ2v) is 6.61. The zero-order chi connectivity index (χ0) is 19.1. The monoisotopic (exact) mass is 366 g/mol. The van der Waals surface area contributed by atoms with E-state index in [2.05, 4.69) is 25.7 Å². The minimum Gasteiger partial charge on any atom is -0.479 e. The largest absolute Gasteiger partial charge is 0.479 e. The summed E-state index contributed by atoms with van der Waals surface area (Å²) in [5, 5.41) is 9.69. The molecule has 27 heavy (non-hydrogen) atoms. The first-order valence-electron chi connectivity index (χ1n) is 8.56. The van der Waals surface area contributed by atoms with E-state index >= 15 is 0 Å². The Balaban J connectivity index is 1.62. The summed E-state index contributed by atoms with van der Waals surface area (Å²) in [6, 6.07) is 6.76. The third-order valence-electron chi connectivity index (χ3n) is 4.27. The molecule has 9 heteroatoms. The first kappa shape index (κ1) is 17.0. The zero-order valence-electron chi connectivity index (χ0n) is 15.1. The average molecular weight is 366 g/mol. The Morgan fingerprint density at radius 2 is 2.15 bits per heavy atom. The number of benzene rings is 1. The highest BCUT2D eigenvalue weighted by molar-refractivity contribution is 6.04. The van der Waals surface area contributed by atoms with Crippen LogP contribution < -0.4 is 15.4 Å². The summed E-state index contributed by atoms with van der Waals surface area (Å²) in [5.41, 5.74) is 2.11. The topological polar surface area (TPSA) is 111 Å². The van der Waals surface area contributed by atoms with Gasteiger partial charge in [0.1, 0.15) is 17.8 Å². The van der Waals surface area contributed by atoms with Crippen molar-refractivity contribution in [3.63, 3.8) is 0 Å². The molecule has 3 aromatic rings. The molecule has 4 rings (SSSR count). The van der Waals surface area contributed by atoms with Crippen LogP contribution in [0.15, 0.2) is 30.6 Å². The fourth-order valence-electron chi connectivity index (χ4n) is 2.84. The quantitative estimate of drug-likeness (QED) is 0.735. The second kappa shape index (κ2) is 6.35. The molecule has 1 aliphatic heterocycles. The lowest BCUT2D eigenvalue weighted by Gasteiger charge is -2.23. The predicted molar refractivity (Wildman–Crippen MR) is 98.0 cm³/mol. The molecule has 0 fully saturated rings. The van der Waals surface area contributed by atoms with Crippen LogP contribution in [0.1, 0.15) is 42.9 Å². The van der Waals surface area contributed by atoms with Crippen molar-refractivity contribution in [3.05, 3.63) is 42.0 Å². The Hall–Kier alpha value is -3.49. The average Bonchev–Trinajstić information content (AvgIpc) is 3.10. The van der Waals surface area contributed by atoms with E-state index in [0.717, 1.165) is 5.69 Å². The third-order valence-corrected chi connectivity index (χ3v) is 4.27. The Kier molecular flexibility index (Phi) is 3.98. The van der Waals surface area contributed by atoms with Crippen LogP contribution in [0.2, 0.25) is 0 Å². The number of anilines is 2. The summed E-state index contributed by atoms with van der Waals surface area (Å²) >= 11 is 0. The van der Waals surface area contributed by atoms with Crippen molar-refractivity contribution in [1.29, 1.82) is 0 Å². The number of carbonyl (C=O) groups excluding carboxylic acids is 2. The van der Waals surface area contributed by atoms with E-state index in [1.807, 2.05) is 13.8 Å². The highest BCUT2D eigenvalue weighted by Gasteiger charge is 2.24. The molecule has 2 N–H and O–H groups in total. The normalized spacial score (nSPS) is 16.0. The molecule has 0 saturated carbocycles. The first-order chi connectivity index (χ1) is 12.9. The molecular formula is C18H18N6O3. The lowest BCUT2D eigenvalue weighted by atomic mass is 10.1. The summed E-state index contributed by atoms with van der Waals surface area (Å²) in [6.07, 6.45) is 0.856. The number of amides is 2. The van der Waals surface area contributed by atoms with Gasteiger partial charge in [-0.1, -0.05) is 13.8 Å². The highest BCUT2D eigenvalue weighted by Crippen LogP contribution is 2.32. The van der Waals surface area contributed by atoms with Crippen molar-refractivity contribution in [2.45, 2.75) is 32.8 Å². The standard InChI is InChI=1S/C18H18N6O3/c1-9(2)14-7-13(23-18-19-8-20-24(14)18)17(26)21-11-4-5-15-12(6-11)22-16(25)10(3)27-15/h4-10H,1-3H3,(H,21,26)(H,22,25)/t10-/m1/s1. The van der Waals surface area contributed by atoms with E-state index < -0.39 is 6.10 Å². The Morgan fingerprint density at radius 3 is 2.93 bits per heavy atom. The number of carbonyl (C=O) groups is 2. The van der Waals surface area contributed by atoms with Gasteiger partial charge in [-0.15, -0.1) is 0 Å². The number of rotatable bonds is 3. The van der Waals surface area contributed by atoms with Gasteiger partial charge in [0.25, 0.3) is 17.6 Å². The van der Waals surface area contributed by atoms with Crippen LogP contribution in [0.3, 0.4) is 0 Å². The summed E-state index contributed by atoms with van der Waals surface area (Å²) in [6.45, 7) is 5.68. The molecule has 0 saturated heterocycles. The van der Waals surface area contributed by atoms with Gasteiger partial charge in [-0.3, -0.25) is 9.59 Å². The van der Waals surface area contributed by atoms with E-state index in [9.17, 15) is 9.59 Å². The van der Waals surface area contributed by atoms with Crippen LogP contribution in [0.4, 0.5) is 11.4 Å². The first-order valence-corrected chi connectivity index (χ1v) is 8.56. The van der Waals surface area contributed by atoms with Crippen molar-refractivity contribution >= 4 is 29.0 Å². The summed E-state index contributed by atoms with van der Waals surface area (Å²) in [5.74, 6) is 0.462. The number of hydrogen-bond acceptors (Lipinski definition) is 6. The highest BCUT2D eigenvalue weighted by atomic mass is 16.5. The van der Waals surface area contributed by atoms with Gasteiger partial charge in [0.2, 0.25) is 0 Å². The van der Waals surface area contributed by atoms with E-state index in [-0.39, 0.29) is 23.4 Å². The molecule has 2 aromatic heterocycles. The molecule has 1 aliphatic rings. The number of aromatic nitrogens is 4. The van der Waals surface area contributed by atoms with Crippen LogP contribution >= 0.6 is 0 Å². The molecule has 0 unspecified atom stereocenters. The molecule has 0 aliphatic carbocycles. The van der Waals surface area contributed by atoms with Crippen LogP contribution in [0.5, 0.6) is 5.75 Å². The smallest absolute Gasteiger partial charge is 0.274 e. The number of ether oxygens (including phenoxy) is 1. The Labute approximate surface area is 154 Å². The van der Waals surface area contributed by atoms with Gasteiger partial charge in [-0.25, -0.2) is 9.50 Å². The van der Waals surface area contributed by atoms with Gasteiger partial charge in [0.05, 0.1) is 11.4 Å². The van der Waals surface area contributed by atoms with Crippen molar-refractivity contribution in [3.8, 4) is 5.75 Å². The number of nitrogens with zero attached hydrogens (tertiary/aromatic N) is 4. The van der Waals surface area contributed by atoms with Crippen molar-refractivity contribution in [1.82, 2.24) is 19.6 Å². The fourth-order valence-corrected chi connectivity index (χ4v) is 2.84. The minimum absolute atomic E-state index is 0.141. The van der Waals surface area contributed by atoms with Crippen molar-refractivity contribution in [2.75, 3.05) is 10.6 Å². The van der Waals surface area contributed by atoms with E-state index in [1.54, 1.807) is 35.7 Å². The molecule has 9 nitrogen and oxygen atoms in total. The van der Waals surface area contributed by atoms with Gasteiger partial charge in [-0.05, 0) is 37.1 Å². The maximum atomic E-state index is 12.7. The van der Waals surface area contributed by atoms with Gasteiger partial charge < -0.3 is 15.4 Å². The van der Waals surface area contributed by atoms with Crippen molar-refractivity contribution < 1.29 is 14.3 Å². The van der Waals surface area contributed by atoms with Gasteiger partial charge >= 0.3 is 0 Å². The second-order valence-electron chi connectivity index (χ2n) is 6.61. The van der Waals surface area contributed by atoms with Crippen LogP contribution in [0, 0.1) is 0 Å². The SMILES string of the molecule is CC(C)c1cc(C(=O)Nc2ccc3c(c2)NC(=O)[C@@H](C)O3)nc2ncnn12. The lowest BCUT2D eigenvalue weighted by Crippen LogP contribution is -2.34. The molecule has 1 aromatic carbocycles. The van der Waals surface area contributed by atoms with E-state index in [1.165, 1.54) is 6.33 Å². The maximum Gasteiger partial charge on any atom is 0.274 e. The van der Waals surface area contributed by atoms with Crippen molar-refractivity contribution in [2.24, 2.45) is 0 Å². The number of hydrogen-bond donors (Lipinski definition) is 2. The molecule has 0 radical (unpaired) electrons. The summed E-state index contributed by atoms with van der Waals surface area (Å²) in [7, 11) is 0. The van der Waals surface area contributed by atoms with Crippen LogP contribution in [0.25, 0.3) is 5.78 Å². The minimum atomic E-state index is -0.550.